The molecule has 0 aliphatic heterocycles. The quantitative estimate of drug-likeness (QED) is 0.674. The number of esters is 1. The molecule has 1 aromatic rings. The van der Waals surface area contributed by atoms with E-state index in [1.165, 1.54) is 0 Å². The van der Waals surface area contributed by atoms with E-state index >= 15 is 0 Å². The molecule has 4 heteroatoms. The van der Waals surface area contributed by atoms with E-state index in [1.54, 1.807) is 0 Å². The van der Waals surface area contributed by atoms with Gasteiger partial charge in [-0.25, -0.2) is 0 Å². The molecular formula is C12H11O4-. The van der Waals surface area contributed by atoms with Crippen LogP contribution in [-0.4, -0.2) is 11.9 Å². The van der Waals surface area contributed by atoms with E-state index in [4.69, 9.17) is 4.74 Å². The van der Waals surface area contributed by atoms with Crippen molar-refractivity contribution in [3.63, 3.8) is 0 Å². The Hall–Kier alpha value is -1.84. The van der Waals surface area contributed by atoms with Gasteiger partial charge in [0.1, 0.15) is 6.61 Å². The minimum atomic E-state index is -1.17. The van der Waals surface area contributed by atoms with Gasteiger partial charge in [0.05, 0.1) is 5.92 Å². The molecule has 1 aliphatic carbocycles. The van der Waals surface area contributed by atoms with Crippen LogP contribution in [0.3, 0.4) is 0 Å². The number of carboxylic acids is 1. The molecule has 0 heterocycles. The average Bonchev–Trinajstić information content (AvgIpc) is 3.07. The average molecular weight is 219 g/mol. The molecule has 2 rings (SSSR count). The third-order valence-electron chi connectivity index (χ3n) is 2.62. The van der Waals surface area contributed by atoms with E-state index in [0.717, 1.165) is 5.56 Å². The number of aliphatic carboxylic acids is 1. The predicted octanol–water partition coefficient (Wildman–Crippen LogP) is 0.116. The summed E-state index contributed by atoms with van der Waals surface area (Å²) in [6.07, 6.45) is 0.343. The fourth-order valence-corrected chi connectivity index (χ4v) is 1.55. The van der Waals surface area contributed by atoms with Crippen molar-refractivity contribution in [3.05, 3.63) is 35.9 Å². The molecular weight excluding hydrogens is 208 g/mol. The maximum atomic E-state index is 11.4. The number of hydrogen-bond acceptors (Lipinski definition) is 4. The van der Waals surface area contributed by atoms with Gasteiger partial charge in [-0.1, -0.05) is 30.3 Å². The summed E-state index contributed by atoms with van der Waals surface area (Å²) >= 11 is 0. The first-order chi connectivity index (χ1) is 7.68. The number of carbonyl (C=O) groups is 2. The largest absolute Gasteiger partial charge is 0.550 e. The summed E-state index contributed by atoms with van der Waals surface area (Å²) < 4.78 is 5.00. The van der Waals surface area contributed by atoms with E-state index < -0.39 is 23.8 Å². The van der Waals surface area contributed by atoms with Crippen LogP contribution in [0.5, 0.6) is 0 Å². The first kappa shape index (κ1) is 10.7. The molecule has 16 heavy (non-hydrogen) atoms. The lowest BCUT2D eigenvalue weighted by atomic mass is 10.2. The third kappa shape index (κ3) is 2.39. The lowest BCUT2D eigenvalue weighted by Gasteiger charge is -2.04. The van der Waals surface area contributed by atoms with Crippen molar-refractivity contribution in [1.29, 1.82) is 0 Å². The number of carbonyl (C=O) groups excluding carboxylic acids is 2. The zero-order chi connectivity index (χ0) is 11.5. The summed E-state index contributed by atoms with van der Waals surface area (Å²) in [4.78, 5) is 21.8. The number of hydrogen-bond donors (Lipinski definition) is 0. The Labute approximate surface area is 92.8 Å². The van der Waals surface area contributed by atoms with Gasteiger partial charge < -0.3 is 14.6 Å². The minimum absolute atomic E-state index is 0.190. The van der Waals surface area contributed by atoms with Gasteiger partial charge in [-0.05, 0) is 12.0 Å². The molecule has 0 aromatic heterocycles. The number of rotatable bonds is 4. The molecule has 84 valence electrons. The zero-order valence-corrected chi connectivity index (χ0v) is 8.59. The molecule has 0 bridgehead atoms. The fraction of sp³-hybridized carbons (Fsp3) is 0.333. The highest BCUT2D eigenvalue weighted by molar-refractivity contribution is 5.85. The molecule has 0 amide bonds. The van der Waals surface area contributed by atoms with Gasteiger partial charge in [0, 0.05) is 11.9 Å². The highest BCUT2D eigenvalue weighted by Gasteiger charge is 2.45. The van der Waals surface area contributed by atoms with Crippen LogP contribution in [0.4, 0.5) is 0 Å². The summed E-state index contributed by atoms with van der Waals surface area (Å²) in [7, 11) is 0. The summed E-state index contributed by atoms with van der Waals surface area (Å²) in [5.74, 6) is -2.77. The molecule has 2 atom stereocenters. The van der Waals surface area contributed by atoms with Crippen LogP contribution in [0.15, 0.2) is 30.3 Å². The first-order valence-electron chi connectivity index (χ1n) is 5.10. The Kier molecular flexibility index (Phi) is 2.90. The third-order valence-corrected chi connectivity index (χ3v) is 2.62. The maximum Gasteiger partial charge on any atom is 0.309 e. The minimum Gasteiger partial charge on any atom is -0.550 e. The van der Waals surface area contributed by atoms with Crippen LogP contribution in [0.25, 0.3) is 0 Å². The van der Waals surface area contributed by atoms with Crippen molar-refractivity contribution >= 4 is 11.9 Å². The van der Waals surface area contributed by atoms with E-state index in [9.17, 15) is 14.7 Å². The van der Waals surface area contributed by atoms with E-state index in [1.807, 2.05) is 30.3 Å². The summed E-state index contributed by atoms with van der Waals surface area (Å²) in [5, 5.41) is 10.4. The number of benzene rings is 1. The second-order valence-corrected chi connectivity index (χ2v) is 3.86. The van der Waals surface area contributed by atoms with E-state index in [2.05, 4.69) is 0 Å². The van der Waals surface area contributed by atoms with Gasteiger partial charge in [0.2, 0.25) is 0 Å². The molecule has 1 saturated carbocycles. The van der Waals surface area contributed by atoms with Gasteiger partial charge in [0.15, 0.2) is 0 Å². The van der Waals surface area contributed by atoms with Crippen LogP contribution >= 0.6 is 0 Å². The summed E-state index contributed by atoms with van der Waals surface area (Å²) in [6.45, 7) is 0.190. The van der Waals surface area contributed by atoms with E-state index in [-0.39, 0.29) is 6.61 Å². The van der Waals surface area contributed by atoms with Gasteiger partial charge in [0.25, 0.3) is 0 Å². The lowest BCUT2D eigenvalue weighted by Crippen LogP contribution is -2.26. The normalized spacial score (nSPS) is 22.5. The van der Waals surface area contributed by atoms with Crippen molar-refractivity contribution in [3.8, 4) is 0 Å². The number of ether oxygens (including phenoxy) is 1. The predicted molar refractivity (Wildman–Crippen MR) is 52.8 cm³/mol. The number of carboxylic acid groups (broad SMARTS) is 1. The topological polar surface area (TPSA) is 66.4 Å². The van der Waals surface area contributed by atoms with E-state index in [0.29, 0.717) is 6.42 Å². The van der Waals surface area contributed by atoms with Gasteiger partial charge in [-0.15, -0.1) is 0 Å². The summed E-state index contributed by atoms with van der Waals surface area (Å²) in [6, 6.07) is 9.26. The summed E-state index contributed by atoms with van der Waals surface area (Å²) in [5.41, 5.74) is 0.890. The van der Waals surface area contributed by atoms with Crippen LogP contribution in [-0.2, 0) is 20.9 Å². The van der Waals surface area contributed by atoms with Crippen LogP contribution < -0.4 is 5.11 Å². The monoisotopic (exact) mass is 219 g/mol. The SMILES string of the molecule is O=C([O-])C1CC1C(=O)OCc1ccccc1. The Bertz CT molecular complexity index is 399. The smallest absolute Gasteiger partial charge is 0.309 e. The maximum absolute atomic E-state index is 11.4. The lowest BCUT2D eigenvalue weighted by molar-refractivity contribution is -0.308. The zero-order valence-electron chi connectivity index (χ0n) is 8.59. The Morgan fingerprint density at radius 1 is 1.25 bits per heavy atom. The molecule has 0 saturated heterocycles. The molecule has 0 N–H and O–H groups in total. The standard InChI is InChI=1S/C12H12O4/c13-11(14)9-6-10(9)12(15)16-7-8-4-2-1-3-5-8/h1-5,9-10H,6-7H2,(H,13,14)/p-1. The van der Waals surface area contributed by atoms with Crippen LogP contribution in [0, 0.1) is 11.8 Å². The molecule has 0 spiro atoms. The molecule has 1 aromatic carbocycles. The van der Waals surface area contributed by atoms with Crippen molar-refractivity contribution in [2.24, 2.45) is 11.8 Å². The molecule has 1 aliphatic rings. The van der Waals surface area contributed by atoms with Crippen molar-refractivity contribution in [1.82, 2.24) is 0 Å². The van der Waals surface area contributed by atoms with Crippen molar-refractivity contribution < 1.29 is 19.4 Å². The van der Waals surface area contributed by atoms with Gasteiger partial charge >= 0.3 is 5.97 Å². The van der Waals surface area contributed by atoms with Crippen molar-refractivity contribution in [2.45, 2.75) is 13.0 Å². The van der Waals surface area contributed by atoms with Crippen molar-refractivity contribution in [2.75, 3.05) is 0 Å². The highest BCUT2D eigenvalue weighted by atomic mass is 16.5. The second kappa shape index (κ2) is 4.35. The molecule has 2 unspecified atom stereocenters. The Morgan fingerprint density at radius 2 is 1.94 bits per heavy atom. The van der Waals surface area contributed by atoms with Gasteiger partial charge in [-0.3, -0.25) is 4.79 Å². The first-order valence-corrected chi connectivity index (χ1v) is 5.10. The Balaban J connectivity index is 1.80. The van der Waals surface area contributed by atoms with Gasteiger partial charge in [-0.2, -0.15) is 0 Å². The van der Waals surface area contributed by atoms with Crippen LogP contribution in [0.2, 0.25) is 0 Å². The molecule has 4 nitrogen and oxygen atoms in total. The molecule has 1 fully saturated rings. The highest BCUT2D eigenvalue weighted by Crippen LogP contribution is 2.39. The molecule has 0 radical (unpaired) electrons. The fourth-order valence-electron chi connectivity index (χ4n) is 1.55. The van der Waals surface area contributed by atoms with Crippen LogP contribution in [0.1, 0.15) is 12.0 Å². The second-order valence-electron chi connectivity index (χ2n) is 3.86. The Morgan fingerprint density at radius 3 is 2.50 bits per heavy atom.